The van der Waals surface area contributed by atoms with Gasteiger partial charge in [0.05, 0.1) is 0 Å². The first-order valence-corrected chi connectivity index (χ1v) is 5.63. The Hall–Kier alpha value is -1.29. The quantitative estimate of drug-likeness (QED) is 0.734. The first-order valence-electron chi connectivity index (χ1n) is 4.75. The molecule has 0 spiro atoms. The minimum Gasteiger partial charge on any atom is -0.165 e. The van der Waals surface area contributed by atoms with Crippen molar-refractivity contribution < 1.29 is 13.2 Å². The SMILES string of the molecule is FC(F)(F)c1sccc1Cc1ccccc1. The lowest BCUT2D eigenvalue weighted by molar-refractivity contribution is -0.134. The van der Waals surface area contributed by atoms with Crippen LogP contribution in [0.2, 0.25) is 0 Å². The fourth-order valence-corrected chi connectivity index (χ4v) is 2.33. The molecule has 0 atom stereocenters. The Morgan fingerprint density at radius 3 is 2.31 bits per heavy atom. The largest absolute Gasteiger partial charge is 0.425 e. The predicted molar refractivity (Wildman–Crippen MR) is 58.6 cm³/mol. The normalized spacial score (nSPS) is 11.7. The van der Waals surface area contributed by atoms with Crippen LogP contribution in [0, 0.1) is 0 Å². The Bertz CT molecular complexity index is 457. The van der Waals surface area contributed by atoms with Crippen molar-refractivity contribution in [2.45, 2.75) is 12.6 Å². The maximum absolute atomic E-state index is 12.6. The van der Waals surface area contributed by atoms with Gasteiger partial charge in [0, 0.05) is 0 Å². The summed E-state index contributed by atoms with van der Waals surface area (Å²) < 4.78 is 37.8. The van der Waals surface area contributed by atoms with Crippen molar-refractivity contribution in [3.05, 3.63) is 57.8 Å². The second-order valence-corrected chi connectivity index (χ2v) is 4.35. The number of hydrogen-bond acceptors (Lipinski definition) is 1. The molecule has 0 amide bonds. The minimum atomic E-state index is -4.24. The molecule has 2 aromatic rings. The van der Waals surface area contributed by atoms with Crippen LogP contribution in [0.3, 0.4) is 0 Å². The lowest BCUT2D eigenvalue weighted by Crippen LogP contribution is -2.05. The summed E-state index contributed by atoms with van der Waals surface area (Å²) in [5.41, 5.74) is 1.25. The molecule has 1 aromatic heterocycles. The molecule has 0 unspecified atom stereocenters. The molecular formula is C12H9F3S. The van der Waals surface area contributed by atoms with Gasteiger partial charge in [0.15, 0.2) is 0 Å². The number of hydrogen-bond donors (Lipinski definition) is 0. The molecule has 2 rings (SSSR count). The lowest BCUT2D eigenvalue weighted by atomic mass is 10.1. The molecular weight excluding hydrogens is 233 g/mol. The third-order valence-electron chi connectivity index (χ3n) is 2.24. The number of rotatable bonds is 2. The van der Waals surface area contributed by atoms with E-state index in [-0.39, 0.29) is 0 Å². The summed E-state index contributed by atoms with van der Waals surface area (Å²) in [6, 6.07) is 10.7. The van der Waals surface area contributed by atoms with Gasteiger partial charge in [-0.15, -0.1) is 11.3 Å². The maximum Gasteiger partial charge on any atom is 0.425 e. The van der Waals surface area contributed by atoms with E-state index in [4.69, 9.17) is 0 Å². The number of thiophene rings is 1. The van der Waals surface area contributed by atoms with Gasteiger partial charge in [0.25, 0.3) is 0 Å². The zero-order chi connectivity index (χ0) is 11.6. The molecule has 1 heterocycles. The highest BCUT2D eigenvalue weighted by atomic mass is 32.1. The second-order valence-electron chi connectivity index (χ2n) is 3.44. The van der Waals surface area contributed by atoms with Crippen LogP contribution in [0.25, 0.3) is 0 Å². The van der Waals surface area contributed by atoms with Gasteiger partial charge < -0.3 is 0 Å². The Labute approximate surface area is 95.4 Å². The molecule has 0 saturated carbocycles. The van der Waals surface area contributed by atoms with Crippen molar-refractivity contribution in [1.82, 2.24) is 0 Å². The van der Waals surface area contributed by atoms with Gasteiger partial charge in [-0.05, 0) is 29.0 Å². The van der Waals surface area contributed by atoms with Gasteiger partial charge in [-0.3, -0.25) is 0 Å². The van der Waals surface area contributed by atoms with Crippen molar-refractivity contribution in [1.29, 1.82) is 0 Å². The Balaban J connectivity index is 2.26. The van der Waals surface area contributed by atoms with Gasteiger partial charge >= 0.3 is 6.18 Å². The van der Waals surface area contributed by atoms with Crippen LogP contribution in [-0.4, -0.2) is 0 Å². The monoisotopic (exact) mass is 242 g/mol. The highest BCUT2D eigenvalue weighted by Gasteiger charge is 2.34. The molecule has 0 nitrogen and oxygen atoms in total. The zero-order valence-electron chi connectivity index (χ0n) is 8.29. The van der Waals surface area contributed by atoms with Gasteiger partial charge in [-0.2, -0.15) is 13.2 Å². The fraction of sp³-hybridized carbons (Fsp3) is 0.167. The molecule has 84 valence electrons. The van der Waals surface area contributed by atoms with E-state index in [0.717, 1.165) is 16.9 Å². The van der Waals surface area contributed by atoms with Crippen molar-refractivity contribution >= 4 is 11.3 Å². The summed E-state index contributed by atoms with van der Waals surface area (Å²) >= 11 is 0.751. The topological polar surface area (TPSA) is 0 Å². The molecule has 16 heavy (non-hydrogen) atoms. The molecule has 0 saturated heterocycles. The van der Waals surface area contributed by atoms with Crippen LogP contribution >= 0.6 is 11.3 Å². The van der Waals surface area contributed by atoms with E-state index >= 15 is 0 Å². The molecule has 0 aliphatic rings. The number of benzene rings is 1. The van der Waals surface area contributed by atoms with Crippen LogP contribution in [0.15, 0.2) is 41.8 Å². The molecule has 0 bridgehead atoms. The summed E-state index contributed by atoms with van der Waals surface area (Å²) in [4.78, 5) is -0.489. The van der Waals surface area contributed by atoms with Crippen molar-refractivity contribution in [2.75, 3.05) is 0 Å². The minimum absolute atomic E-state index is 0.333. The highest BCUT2D eigenvalue weighted by Crippen LogP contribution is 2.36. The Morgan fingerprint density at radius 2 is 1.69 bits per heavy atom. The summed E-state index contributed by atoms with van der Waals surface area (Å²) in [5.74, 6) is 0. The molecule has 0 aliphatic heterocycles. The van der Waals surface area contributed by atoms with E-state index in [1.54, 1.807) is 6.07 Å². The standard InChI is InChI=1S/C12H9F3S/c13-12(14,15)11-10(6-7-16-11)8-9-4-2-1-3-5-9/h1-7H,8H2. The maximum atomic E-state index is 12.6. The van der Waals surface area contributed by atoms with Crippen LogP contribution in [-0.2, 0) is 12.6 Å². The van der Waals surface area contributed by atoms with E-state index in [1.807, 2.05) is 30.3 Å². The zero-order valence-corrected chi connectivity index (χ0v) is 9.11. The molecule has 0 radical (unpaired) electrons. The molecule has 4 heteroatoms. The van der Waals surface area contributed by atoms with Crippen LogP contribution in [0.4, 0.5) is 13.2 Å². The summed E-state index contributed by atoms with van der Waals surface area (Å²) in [6.45, 7) is 0. The van der Waals surface area contributed by atoms with Crippen molar-refractivity contribution in [3.63, 3.8) is 0 Å². The average Bonchev–Trinajstić information content (AvgIpc) is 2.67. The first kappa shape index (κ1) is 11.2. The predicted octanol–water partition coefficient (Wildman–Crippen LogP) is 4.36. The van der Waals surface area contributed by atoms with E-state index in [2.05, 4.69) is 0 Å². The van der Waals surface area contributed by atoms with E-state index in [1.165, 1.54) is 5.38 Å². The average molecular weight is 242 g/mol. The second kappa shape index (κ2) is 4.29. The molecule has 1 aromatic carbocycles. The van der Waals surface area contributed by atoms with Gasteiger partial charge in [0.2, 0.25) is 0 Å². The van der Waals surface area contributed by atoms with Crippen LogP contribution in [0.1, 0.15) is 16.0 Å². The van der Waals surface area contributed by atoms with Crippen molar-refractivity contribution in [2.24, 2.45) is 0 Å². The third-order valence-corrected chi connectivity index (χ3v) is 3.24. The third kappa shape index (κ3) is 2.44. The first-order chi connectivity index (χ1) is 7.57. The van der Waals surface area contributed by atoms with Crippen LogP contribution in [0.5, 0.6) is 0 Å². The number of alkyl halides is 3. The van der Waals surface area contributed by atoms with E-state index < -0.39 is 11.1 Å². The molecule has 0 N–H and O–H groups in total. The smallest absolute Gasteiger partial charge is 0.165 e. The van der Waals surface area contributed by atoms with Gasteiger partial charge in [-0.1, -0.05) is 30.3 Å². The fourth-order valence-electron chi connectivity index (χ4n) is 1.54. The van der Waals surface area contributed by atoms with Gasteiger partial charge in [0.1, 0.15) is 4.88 Å². The van der Waals surface area contributed by atoms with E-state index in [0.29, 0.717) is 12.0 Å². The Kier molecular flexibility index (Phi) is 3.01. The van der Waals surface area contributed by atoms with Crippen molar-refractivity contribution in [3.8, 4) is 0 Å². The van der Waals surface area contributed by atoms with E-state index in [9.17, 15) is 13.2 Å². The molecule has 0 aliphatic carbocycles. The summed E-state index contributed by atoms with van der Waals surface area (Å²) in [7, 11) is 0. The highest BCUT2D eigenvalue weighted by molar-refractivity contribution is 7.10. The van der Waals surface area contributed by atoms with Gasteiger partial charge in [-0.25, -0.2) is 0 Å². The Morgan fingerprint density at radius 1 is 1.00 bits per heavy atom. The molecule has 0 fully saturated rings. The van der Waals surface area contributed by atoms with Crippen LogP contribution < -0.4 is 0 Å². The summed E-state index contributed by atoms with van der Waals surface area (Å²) in [5, 5.41) is 1.49. The summed E-state index contributed by atoms with van der Waals surface area (Å²) in [6.07, 6.45) is -3.91. The lowest BCUT2D eigenvalue weighted by Gasteiger charge is -2.07. The number of halogens is 3.